The zero-order valence-electron chi connectivity index (χ0n) is 26.5. The van der Waals surface area contributed by atoms with E-state index in [-0.39, 0.29) is 38.3 Å². The van der Waals surface area contributed by atoms with Gasteiger partial charge in [-0.15, -0.1) is 0 Å². The highest BCUT2D eigenvalue weighted by atomic mass is 16.4. The van der Waals surface area contributed by atoms with Crippen LogP contribution >= 0.6 is 0 Å². The third kappa shape index (κ3) is 16.0. The Balaban J connectivity index is 3.03. The molecule has 1 rings (SSSR count). The Morgan fingerprint density at radius 2 is 1.40 bits per heavy atom. The van der Waals surface area contributed by atoms with Crippen molar-refractivity contribution < 1.29 is 38.7 Å². The number of primary amides is 1. The van der Waals surface area contributed by atoms with Crippen LogP contribution in [0, 0.1) is 11.3 Å². The average molecular weight is 663 g/mol. The summed E-state index contributed by atoms with van der Waals surface area (Å²) in [6, 6.07) is 4.39. The summed E-state index contributed by atoms with van der Waals surface area (Å²) in [7, 11) is 0. The first-order valence-electron chi connectivity index (χ1n) is 14.9. The lowest BCUT2D eigenvalue weighted by Gasteiger charge is -2.27. The maximum atomic E-state index is 13.4. The molecule has 0 unspecified atom stereocenters. The van der Waals surface area contributed by atoms with Crippen molar-refractivity contribution in [2.75, 3.05) is 19.6 Å². The van der Waals surface area contributed by atoms with Crippen LogP contribution in [-0.2, 0) is 40.0 Å². The molecule has 0 aliphatic rings. The first kappa shape index (κ1) is 39.8. The van der Waals surface area contributed by atoms with Gasteiger partial charge >= 0.3 is 5.97 Å². The molecule has 0 aliphatic heterocycles. The Labute approximate surface area is 272 Å². The molecular formula is C29H46N10O8. The number of amides is 6. The molecule has 4 atom stereocenters. The molecule has 1 aromatic rings. The predicted octanol–water partition coefficient (Wildman–Crippen LogP) is -3.49. The molecule has 260 valence electrons. The molecule has 6 amide bonds. The maximum Gasteiger partial charge on any atom is 0.305 e. The molecule has 1 aromatic carbocycles. The normalized spacial score (nSPS) is 13.2. The van der Waals surface area contributed by atoms with Gasteiger partial charge in [-0.3, -0.25) is 39.0 Å². The van der Waals surface area contributed by atoms with Crippen molar-refractivity contribution in [3.05, 3.63) is 35.9 Å². The van der Waals surface area contributed by atoms with Crippen molar-refractivity contribution in [2.24, 2.45) is 23.1 Å². The molecule has 0 heterocycles. The second-order valence-corrected chi connectivity index (χ2v) is 11.0. The quantitative estimate of drug-likeness (QED) is 0.0349. The Hall–Kier alpha value is -5.26. The smallest absolute Gasteiger partial charge is 0.305 e. The number of hydrogen-bond donors (Lipinski definition) is 11. The minimum atomic E-state index is -1.51. The van der Waals surface area contributed by atoms with Crippen LogP contribution in [0.5, 0.6) is 0 Å². The molecule has 18 heteroatoms. The summed E-state index contributed by atoms with van der Waals surface area (Å²) in [5.41, 5.74) is 16.8. The van der Waals surface area contributed by atoms with E-state index in [1.54, 1.807) is 13.8 Å². The molecule has 0 saturated heterocycles. The fourth-order valence-corrected chi connectivity index (χ4v) is 4.26. The van der Waals surface area contributed by atoms with Crippen molar-refractivity contribution in [1.29, 1.82) is 5.41 Å². The predicted molar refractivity (Wildman–Crippen MR) is 170 cm³/mol. The van der Waals surface area contributed by atoms with E-state index in [1.807, 2.05) is 30.3 Å². The number of rotatable bonds is 21. The van der Waals surface area contributed by atoms with Crippen molar-refractivity contribution in [3.63, 3.8) is 0 Å². The van der Waals surface area contributed by atoms with Crippen LogP contribution in [0.2, 0.25) is 0 Å². The van der Waals surface area contributed by atoms with Gasteiger partial charge in [0.15, 0.2) is 5.96 Å². The first-order chi connectivity index (χ1) is 22.1. The van der Waals surface area contributed by atoms with Gasteiger partial charge < -0.3 is 54.2 Å². The summed E-state index contributed by atoms with van der Waals surface area (Å²) in [6.45, 7) is 2.50. The van der Waals surface area contributed by atoms with Crippen LogP contribution in [-0.4, -0.2) is 96.3 Å². The summed E-state index contributed by atoms with van der Waals surface area (Å²) < 4.78 is 0. The number of nitrogens with two attached hydrogens (primary N) is 3. The molecule has 0 spiro atoms. The maximum absolute atomic E-state index is 13.4. The molecule has 0 fully saturated rings. The fraction of sp³-hybridized carbons (Fsp3) is 0.517. The Morgan fingerprint density at radius 1 is 0.787 bits per heavy atom. The van der Waals surface area contributed by atoms with Gasteiger partial charge in [-0.05, 0) is 37.2 Å². The number of nitrogens with one attached hydrogen (secondary N) is 7. The SMILES string of the molecule is CC(C)[C@H](NC(=O)[C@@H](CCc1ccccc1)NC(=O)CN)C(=O)N[C@@H](CCCNC(=N)N)C(=O)NCC(=O)N[C@@H](CC(=O)O)C(N)=O. The highest BCUT2D eigenvalue weighted by Crippen LogP contribution is 2.09. The third-order valence-electron chi connectivity index (χ3n) is 6.75. The summed E-state index contributed by atoms with van der Waals surface area (Å²) in [6.07, 6.45) is 0.170. The van der Waals surface area contributed by atoms with Crippen molar-refractivity contribution in [3.8, 4) is 0 Å². The zero-order chi connectivity index (χ0) is 35.5. The van der Waals surface area contributed by atoms with Gasteiger partial charge in [0.2, 0.25) is 35.4 Å². The third-order valence-corrected chi connectivity index (χ3v) is 6.75. The number of carbonyl (C=O) groups excluding carboxylic acids is 6. The molecular weight excluding hydrogens is 616 g/mol. The molecule has 0 radical (unpaired) electrons. The zero-order valence-corrected chi connectivity index (χ0v) is 26.5. The van der Waals surface area contributed by atoms with Gasteiger partial charge in [0.1, 0.15) is 24.2 Å². The second-order valence-electron chi connectivity index (χ2n) is 11.0. The van der Waals surface area contributed by atoms with E-state index in [4.69, 9.17) is 27.7 Å². The molecule has 0 saturated carbocycles. The number of carbonyl (C=O) groups is 7. The van der Waals surface area contributed by atoms with E-state index < -0.39 is 84.5 Å². The summed E-state index contributed by atoms with van der Waals surface area (Å²) in [5.74, 6) is -6.84. The van der Waals surface area contributed by atoms with E-state index in [2.05, 4.69) is 31.9 Å². The number of aliphatic carboxylic acids is 1. The first-order valence-corrected chi connectivity index (χ1v) is 14.9. The molecule has 14 N–H and O–H groups in total. The number of guanidine groups is 1. The Morgan fingerprint density at radius 3 is 1.96 bits per heavy atom. The van der Waals surface area contributed by atoms with Crippen LogP contribution in [0.1, 0.15) is 45.1 Å². The summed E-state index contributed by atoms with van der Waals surface area (Å²) >= 11 is 0. The largest absolute Gasteiger partial charge is 0.481 e. The van der Waals surface area contributed by atoms with E-state index >= 15 is 0 Å². The number of aryl methyl sites for hydroxylation is 1. The standard InChI is InChI=1S/C29H46N10O8/c1-16(2)24(39-27(46)19(36-21(40)14-30)11-10-17-7-4-3-5-8-17)28(47)38-18(9-6-12-34-29(32)33)26(45)35-15-22(41)37-20(25(31)44)13-23(42)43/h3-5,7-8,16,18-20,24H,6,9-15,30H2,1-2H3,(H2,31,44)(H,35,45)(H,36,40)(H,37,41)(H,38,47)(H,39,46)(H,42,43)(H4,32,33,34)/t18-,19+,20-,24-/m0/s1. The number of carboxylic acids is 1. The van der Waals surface area contributed by atoms with Crippen LogP contribution < -0.4 is 49.1 Å². The van der Waals surface area contributed by atoms with Gasteiger partial charge in [-0.2, -0.15) is 0 Å². The van der Waals surface area contributed by atoms with Crippen molar-refractivity contribution in [1.82, 2.24) is 31.9 Å². The Bertz CT molecular complexity index is 1260. The number of carboxylic acid groups (broad SMARTS) is 1. The van der Waals surface area contributed by atoms with Gasteiger partial charge in [-0.1, -0.05) is 44.2 Å². The van der Waals surface area contributed by atoms with Crippen LogP contribution in [0.4, 0.5) is 0 Å². The van der Waals surface area contributed by atoms with Crippen molar-refractivity contribution in [2.45, 2.75) is 70.1 Å². The number of benzene rings is 1. The lowest BCUT2D eigenvalue weighted by molar-refractivity contribution is -0.140. The lowest BCUT2D eigenvalue weighted by Crippen LogP contribution is -2.59. The van der Waals surface area contributed by atoms with E-state index in [1.165, 1.54) is 0 Å². The fourth-order valence-electron chi connectivity index (χ4n) is 4.26. The topological polar surface area (TPSA) is 314 Å². The highest BCUT2D eigenvalue weighted by molar-refractivity contribution is 5.96. The second kappa shape index (κ2) is 20.7. The van der Waals surface area contributed by atoms with Gasteiger partial charge in [0.05, 0.1) is 19.5 Å². The van der Waals surface area contributed by atoms with Crippen LogP contribution in [0.25, 0.3) is 0 Å². The Kier molecular flexibility index (Phi) is 17.5. The molecule has 0 aliphatic carbocycles. The average Bonchev–Trinajstić information content (AvgIpc) is 3.01. The van der Waals surface area contributed by atoms with Gasteiger partial charge in [-0.25, -0.2) is 0 Å². The minimum absolute atomic E-state index is 0.0212. The van der Waals surface area contributed by atoms with Crippen molar-refractivity contribution >= 4 is 47.4 Å². The van der Waals surface area contributed by atoms with E-state index in [0.29, 0.717) is 6.42 Å². The lowest BCUT2D eigenvalue weighted by atomic mass is 10.00. The monoisotopic (exact) mass is 662 g/mol. The molecule has 0 bridgehead atoms. The minimum Gasteiger partial charge on any atom is -0.481 e. The van der Waals surface area contributed by atoms with E-state index in [9.17, 15) is 33.6 Å². The summed E-state index contributed by atoms with van der Waals surface area (Å²) in [4.78, 5) is 86.6. The van der Waals surface area contributed by atoms with Gasteiger partial charge in [0.25, 0.3) is 0 Å². The van der Waals surface area contributed by atoms with E-state index in [0.717, 1.165) is 5.56 Å². The molecule has 0 aromatic heterocycles. The summed E-state index contributed by atoms with van der Waals surface area (Å²) in [5, 5.41) is 31.0. The highest BCUT2D eigenvalue weighted by Gasteiger charge is 2.31. The molecule has 47 heavy (non-hydrogen) atoms. The van der Waals surface area contributed by atoms with Crippen LogP contribution in [0.15, 0.2) is 30.3 Å². The molecule has 18 nitrogen and oxygen atoms in total. The van der Waals surface area contributed by atoms with Crippen LogP contribution in [0.3, 0.4) is 0 Å². The van der Waals surface area contributed by atoms with Gasteiger partial charge in [0, 0.05) is 6.54 Å². The number of hydrogen-bond acceptors (Lipinski definition) is 9.